The summed E-state index contributed by atoms with van der Waals surface area (Å²) in [6.07, 6.45) is 14.9. The van der Waals surface area contributed by atoms with Gasteiger partial charge in [-0.1, -0.05) is 147 Å². The van der Waals surface area contributed by atoms with E-state index in [4.69, 9.17) is 30.7 Å². The lowest BCUT2D eigenvalue weighted by Crippen LogP contribution is -2.42. The second kappa shape index (κ2) is 17.5. The van der Waals surface area contributed by atoms with Crippen molar-refractivity contribution in [3.63, 3.8) is 0 Å². The van der Waals surface area contributed by atoms with Crippen LogP contribution in [0.25, 0.3) is 55.5 Å². The number of hydrogen-bond donors (Lipinski definition) is 2. The van der Waals surface area contributed by atoms with Crippen LogP contribution in [0.3, 0.4) is 0 Å². The summed E-state index contributed by atoms with van der Waals surface area (Å²) in [6.45, 7) is 2.20. The van der Waals surface area contributed by atoms with Crippen LogP contribution in [0.4, 0.5) is 11.4 Å². The highest BCUT2D eigenvalue weighted by atomic mass is 15.3. The average Bonchev–Trinajstić information content (AvgIpc) is 3.73. The number of dihydropyridines is 1. The maximum absolute atomic E-state index is 6.66. The Labute approximate surface area is 390 Å². The molecule has 2 unspecified atom stereocenters. The molecule has 2 aliphatic heterocycles. The Kier molecular flexibility index (Phi) is 10.8. The first-order valence-corrected chi connectivity index (χ1v) is 22.9. The zero-order valence-electron chi connectivity index (χ0n) is 37.8. The number of likely N-dealkylation sites (N-methyl/N-ethyl adjacent to an activating group) is 1. The molecule has 9 aromatic rings. The number of fused-ring (bicyclic) bond motifs is 4. The third-order valence-corrected chi connectivity index (χ3v) is 13.0. The van der Waals surface area contributed by atoms with E-state index in [0.29, 0.717) is 11.8 Å². The van der Waals surface area contributed by atoms with E-state index in [9.17, 15) is 0 Å². The minimum atomic E-state index is -0.276. The van der Waals surface area contributed by atoms with E-state index in [2.05, 4.69) is 149 Å². The number of hydrogen-bond acceptors (Lipinski definition) is 9. The van der Waals surface area contributed by atoms with Crippen molar-refractivity contribution >= 4 is 61.5 Å². The number of nitrogens with zero attached hydrogens (tertiary/aromatic N) is 8. The minimum Gasteiger partial charge on any atom is -0.397 e. The molecule has 67 heavy (non-hydrogen) atoms. The molecule has 2 atom stereocenters. The van der Waals surface area contributed by atoms with E-state index < -0.39 is 0 Å². The molecule has 0 fully saturated rings. The van der Waals surface area contributed by atoms with Crippen LogP contribution in [-0.2, 0) is 6.42 Å². The number of aliphatic imine (C=N–C) groups is 2. The Morgan fingerprint density at radius 1 is 0.716 bits per heavy atom. The fraction of sp³-hybridized carbons (Fsp3) is 0.140. The highest BCUT2D eigenvalue weighted by Gasteiger charge is 2.29. The summed E-state index contributed by atoms with van der Waals surface area (Å²) in [5.74, 6) is 1.98. The molecular formula is C57H50N10. The van der Waals surface area contributed by atoms with Gasteiger partial charge in [-0.2, -0.15) is 0 Å². The van der Waals surface area contributed by atoms with Crippen LogP contribution in [-0.4, -0.2) is 56.4 Å². The summed E-state index contributed by atoms with van der Waals surface area (Å²) in [6, 6.07) is 50.5. The van der Waals surface area contributed by atoms with Crippen LogP contribution in [0.1, 0.15) is 53.7 Å². The fourth-order valence-electron chi connectivity index (χ4n) is 9.53. The molecule has 328 valence electrons. The maximum atomic E-state index is 6.66. The maximum Gasteiger partial charge on any atom is 0.234 e. The van der Waals surface area contributed by atoms with Crippen LogP contribution in [0.5, 0.6) is 0 Å². The van der Waals surface area contributed by atoms with Crippen molar-refractivity contribution in [3.8, 4) is 17.1 Å². The SMILES string of the molecule is CCCCc1ccc2cc(C3=CC=CC(N(C)c4c(-c5ccccc5)ccc5c4c4ccccc4n5-c4ncc(C5=NC(c6ccccc6)=NC(c6ccccc6)N5C)cn4)N3)cnc2c1N. The number of pyridine rings is 1. The van der Waals surface area contributed by atoms with Crippen LogP contribution in [0.2, 0.25) is 0 Å². The predicted molar refractivity (Wildman–Crippen MR) is 275 cm³/mol. The number of anilines is 2. The van der Waals surface area contributed by atoms with E-state index in [1.54, 1.807) is 0 Å². The third-order valence-electron chi connectivity index (χ3n) is 13.0. The van der Waals surface area contributed by atoms with Crippen molar-refractivity contribution in [3.05, 3.63) is 210 Å². The third kappa shape index (κ3) is 7.56. The van der Waals surface area contributed by atoms with Crippen molar-refractivity contribution in [2.45, 2.75) is 38.5 Å². The van der Waals surface area contributed by atoms with Gasteiger partial charge in [0.2, 0.25) is 5.95 Å². The van der Waals surface area contributed by atoms with E-state index in [1.807, 2.05) is 74.2 Å². The van der Waals surface area contributed by atoms with Gasteiger partial charge in [-0.3, -0.25) is 9.55 Å². The van der Waals surface area contributed by atoms with Crippen LogP contribution < -0.4 is 16.0 Å². The number of nitrogen functional groups attached to an aromatic ring is 1. The highest BCUT2D eigenvalue weighted by Crippen LogP contribution is 2.44. The number of allylic oxidation sites excluding steroid dienone is 2. The van der Waals surface area contributed by atoms with Gasteiger partial charge in [0, 0.05) is 71.2 Å². The van der Waals surface area contributed by atoms with Crippen molar-refractivity contribution in [1.82, 2.24) is 29.7 Å². The van der Waals surface area contributed by atoms with E-state index in [0.717, 1.165) is 114 Å². The standard InChI is InChI=1S/C57H50N10/c1-4-5-18-38-29-30-41-33-42(34-59-52(41)51(38)58)46-26-17-28-49(62-46)65(2)53-44(37-19-9-6-10-20-37)31-32-48-50(53)45-25-15-16-27-47(45)67(48)57-60-35-43(36-61-57)56-64-54(39-21-11-7-12-22-39)63-55(66(56)3)40-23-13-8-14-24-40/h6-17,19-36,49,55,62H,4-5,18,58H2,1-3H3. The Balaban J connectivity index is 0.983. The number of amidine groups is 2. The van der Waals surface area contributed by atoms with Gasteiger partial charge in [0.05, 0.1) is 33.5 Å². The van der Waals surface area contributed by atoms with Crippen LogP contribution >= 0.6 is 0 Å². The summed E-state index contributed by atoms with van der Waals surface area (Å²) in [7, 11) is 4.19. The Hall–Kier alpha value is -8.37. The number of para-hydroxylation sites is 1. The van der Waals surface area contributed by atoms with Crippen molar-refractivity contribution in [2.24, 2.45) is 9.98 Å². The van der Waals surface area contributed by atoms with E-state index in [-0.39, 0.29) is 12.3 Å². The molecule has 0 spiro atoms. The molecule has 0 aliphatic carbocycles. The first kappa shape index (κ1) is 41.3. The molecule has 3 aromatic heterocycles. The van der Waals surface area contributed by atoms with Crippen molar-refractivity contribution in [2.75, 3.05) is 24.7 Å². The molecule has 0 radical (unpaired) electrons. The number of aromatic nitrogens is 4. The molecule has 10 nitrogen and oxygen atoms in total. The molecule has 0 saturated carbocycles. The summed E-state index contributed by atoms with van der Waals surface area (Å²) in [5, 5.41) is 7.08. The van der Waals surface area contributed by atoms with E-state index >= 15 is 0 Å². The Morgan fingerprint density at radius 2 is 1.42 bits per heavy atom. The minimum absolute atomic E-state index is 0.194. The number of benzene rings is 6. The molecule has 0 bridgehead atoms. The molecule has 0 saturated heterocycles. The molecule has 11 rings (SSSR count). The zero-order chi connectivity index (χ0) is 45.4. The summed E-state index contributed by atoms with van der Waals surface area (Å²) < 4.78 is 2.17. The molecule has 2 aliphatic rings. The largest absolute Gasteiger partial charge is 0.397 e. The van der Waals surface area contributed by atoms with Gasteiger partial charge in [0.1, 0.15) is 18.2 Å². The fourth-order valence-corrected chi connectivity index (χ4v) is 9.53. The molecular weight excluding hydrogens is 825 g/mol. The molecule has 5 heterocycles. The van der Waals surface area contributed by atoms with Gasteiger partial charge in [0.15, 0.2) is 5.84 Å². The lowest BCUT2D eigenvalue weighted by atomic mass is 9.98. The lowest BCUT2D eigenvalue weighted by molar-refractivity contribution is 0.382. The molecule has 10 heteroatoms. The van der Waals surface area contributed by atoms with Crippen LogP contribution in [0, 0.1) is 0 Å². The summed E-state index contributed by atoms with van der Waals surface area (Å²) in [5.41, 5.74) is 19.6. The molecule has 3 N–H and O–H groups in total. The van der Waals surface area contributed by atoms with Gasteiger partial charge in [0.25, 0.3) is 0 Å². The highest BCUT2D eigenvalue weighted by molar-refractivity contribution is 6.18. The van der Waals surface area contributed by atoms with Gasteiger partial charge in [-0.05, 0) is 59.9 Å². The number of nitrogens with two attached hydrogens (primary N) is 1. The average molecular weight is 875 g/mol. The first-order chi connectivity index (χ1) is 32.9. The number of rotatable bonds is 11. The van der Waals surface area contributed by atoms with Crippen LogP contribution in [0.15, 0.2) is 192 Å². The predicted octanol–water partition coefficient (Wildman–Crippen LogP) is 11.5. The number of unbranched alkanes of at least 4 members (excludes halogenated alkanes) is 1. The quantitative estimate of drug-likeness (QED) is 0.124. The zero-order valence-corrected chi connectivity index (χ0v) is 37.8. The van der Waals surface area contributed by atoms with Crippen molar-refractivity contribution in [1.29, 1.82) is 0 Å². The van der Waals surface area contributed by atoms with Gasteiger partial charge >= 0.3 is 0 Å². The monoisotopic (exact) mass is 874 g/mol. The summed E-state index contributed by atoms with van der Waals surface area (Å²) in [4.78, 5) is 29.8. The first-order valence-electron chi connectivity index (χ1n) is 22.9. The van der Waals surface area contributed by atoms with E-state index in [1.165, 1.54) is 0 Å². The van der Waals surface area contributed by atoms with Gasteiger partial charge in [-0.15, -0.1) is 0 Å². The lowest BCUT2D eigenvalue weighted by Gasteiger charge is -2.34. The normalized spacial score (nSPS) is 15.9. The Bertz CT molecular complexity index is 3410. The van der Waals surface area contributed by atoms with Crippen molar-refractivity contribution < 1.29 is 0 Å². The topological polar surface area (TPSA) is 113 Å². The number of aryl methyl sites for hydroxylation is 1. The molecule has 0 amide bonds. The second-order valence-electron chi connectivity index (χ2n) is 17.2. The smallest absolute Gasteiger partial charge is 0.234 e. The van der Waals surface area contributed by atoms with Gasteiger partial charge in [-0.25, -0.2) is 20.0 Å². The second-order valence-corrected chi connectivity index (χ2v) is 17.2. The van der Waals surface area contributed by atoms with Gasteiger partial charge < -0.3 is 20.9 Å². The Morgan fingerprint density at radius 3 is 2.18 bits per heavy atom. The molecule has 6 aromatic carbocycles. The summed E-state index contributed by atoms with van der Waals surface area (Å²) >= 11 is 0. The number of nitrogens with one attached hydrogen (secondary N) is 1.